The van der Waals surface area contributed by atoms with E-state index in [4.69, 9.17) is 15.3 Å². The molecule has 4 nitrogen and oxygen atoms in total. The number of unbranched alkanes of at least 4 members (excludes halogenated alkanes) is 9. The van der Waals surface area contributed by atoms with Gasteiger partial charge in [-0.25, -0.2) is 0 Å². The average molecular weight is 288 g/mol. The molecule has 0 aromatic carbocycles. The van der Waals surface area contributed by atoms with E-state index in [-0.39, 0.29) is 12.3 Å². The van der Waals surface area contributed by atoms with Crippen molar-refractivity contribution in [2.75, 3.05) is 14.2 Å². The Kier molecular flexibility index (Phi) is 15.1. The van der Waals surface area contributed by atoms with E-state index in [0.717, 1.165) is 6.42 Å². The van der Waals surface area contributed by atoms with Crippen LogP contribution in [0.4, 0.5) is 0 Å². The van der Waals surface area contributed by atoms with Crippen LogP contribution in [0.25, 0.3) is 0 Å². The highest BCUT2D eigenvalue weighted by Gasteiger charge is 2.18. The Bertz CT molecular complexity index is 187. The van der Waals surface area contributed by atoms with Crippen molar-refractivity contribution in [3.8, 4) is 0 Å². The van der Waals surface area contributed by atoms with Crippen molar-refractivity contribution in [3.63, 3.8) is 0 Å². The fraction of sp³-hybridized carbons (Fsp3) is 1.00. The third-order valence-corrected chi connectivity index (χ3v) is 3.88. The van der Waals surface area contributed by atoms with Crippen molar-refractivity contribution in [2.24, 2.45) is 5.84 Å². The number of rotatable bonds is 15. The second-order valence-corrected chi connectivity index (χ2v) is 5.58. The predicted molar refractivity (Wildman–Crippen MR) is 85.4 cm³/mol. The molecule has 0 aliphatic rings. The van der Waals surface area contributed by atoms with E-state index in [1.165, 1.54) is 64.2 Å². The molecule has 0 saturated carbocycles. The van der Waals surface area contributed by atoms with Crippen LogP contribution in [0, 0.1) is 0 Å². The minimum Gasteiger partial charge on any atom is -0.354 e. The van der Waals surface area contributed by atoms with Gasteiger partial charge in [0.15, 0.2) is 6.29 Å². The zero-order valence-electron chi connectivity index (χ0n) is 13.8. The molecule has 20 heavy (non-hydrogen) atoms. The minimum absolute atomic E-state index is 0.0824. The molecular weight excluding hydrogens is 252 g/mol. The fourth-order valence-electron chi connectivity index (χ4n) is 2.57. The molecule has 0 spiro atoms. The molecule has 3 N–H and O–H groups in total. The van der Waals surface area contributed by atoms with Crippen LogP contribution in [-0.4, -0.2) is 26.6 Å². The van der Waals surface area contributed by atoms with Gasteiger partial charge in [-0.3, -0.25) is 11.3 Å². The highest BCUT2D eigenvalue weighted by atomic mass is 16.7. The molecule has 0 saturated heterocycles. The molecule has 0 bridgehead atoms. The molecule has 4 heteroatoms. The van der Waals surface area contributed by atoms with Crippen molar-refractivity contribution in [3.05, 3.63) is 0 Å². The zero-order valence-corrected chi connectivity index (χ0v) is 13.8. The van der Waals surface area contributed by atoms with Crippen LogP contribution in [0.1, 0.15) is 77.6 Å². The Morgan fingerprint density at radius 2 is 1.25 bits per heavy atom. The molecule has 0 aromatic heterocycles. The van der Waals surface area contributed by atoms with Crippen LogP contribution in [-0.2, 0) is 9.47 Å². The summed E-state index contributed by atoms with van der Waals surface area (Å²) in [5.74, 6) is 5.54. The number of nitrogens with two attached hydrogens (primary N) is 1. The maximum Gasteiger partial charge on any atom is 0.173 e. The topological polar surface area (TPSA) is 56.5 Å². The van der Waals surface area contributed by atoms with Gasteiger partial charge in [0, 0.05) is 14.2 Å². The average Bonchev–Trinajstić information content (AvgIpc) is 2.48. The highest BCUT2D eigenvalue weighted by molar-refractivity contribution is 4.67. The number of methoxy groups -OCH3 is 2. The summed E-state index contributed by atoms with van der Waals surface area (Å²) in [5, 5.41) is 0. The first-order chi connectivity index (χ1) is 9.79. The largest absolute Gasteiger partial charge is 0.354 e. The Morgan fingerprint density at radius 3 is 1.65 bits per heavy atom. The van der Waals surface area contributed by atoms with Gasteiger partial charge in [0.05, 0.1) is 6.04 Å². The van der Waals surface area contributed by atoms with Crippen LogP contribution in [0.15, 0.2) is 0 Å². The van der Waals surface area contributed by atoms with Gasteiger partial charge in [-0.2, -0.15) is 0 Å². The van der Waals surface area contributed by atoms with Gasteiger partial charge in [-0.1, -0.05) is 71.1 Å². The normalized spacial score (nSPS) is 13.1. The first-order valence-electron chi connectivity index (χ1n) is 8.31. The molecule has 0 radical (unpaired) electrons. The maximum absolute atomic E-state index is 5.54. The Morgan fingerprint density at radius 1 is 0.800 bits per heavy atom. The number of nitrogens with one attached hydrogen (secondary N) is 1. The van der Waals surface area contributed by atoms with E-state index in [1.54, 1.807) is 14.2 Å². The smallest absolute Gasteiger partial charge is 0.173 e. The summed E-state index contributed by atoms with van der Waals surface area (Å²) in [6.07, 6.45) is 14.2. The molecule has 0 aromatic rings. The third-order valence-electron chi connectivity index (χ3n) is 3.88. The van der Waals surface area contributed by atoms with Gasteiger partial charge in [-0.05, 0) is 6.42 Å². The van der Waals surface area contributed by atoms with Gasteiger partial charge < -0.3 is 9.47 Å². The van der Waals surface area contributed by atoms with E-state index >= 15 is 0 Å². The first kappa shape index (κ1) is 19.8. The standard InChI is InChI=1S/C16H36N2O2/c1-4-5-6-7-8-9-10-11-12-13-14-15(18-17)16(19-2)20-3/h15-16,18H,4-14,17H2,1-3H3. The number of hydrogen-bond acceptors (Lipinski definition) is 4. The second-order valence-electron chi connectivity index (χ2n) is 5.58. The lowest BCUT2D eigenvalue weighted by molar-refractivity contribution is -0.124. The molecular formula is C16H36N2O2. The van der Waals surface area contributed by atoms with Gasteiger partial charge in [0.25, 0.3) is 0 Å². The maximum atomic E-state index is 5.54. The summed E-state index contributed by atoms with van der Waals surface area (Å²) >= 11 is 0. The summed E-state index contributed by atoms with van der Waals surface area (Å²) in [6.45, 7) is 2.27. The lowest BCUT2D eigenvalue weighted by Crippen LogP contribution is -2.45. The van der Waals surface area contributed by atoms with E-state index in [2.05, 4.69) is 12.3 Å². The van der Waals surface area contributed by atoms with Crippen molar-refractivity contribution in [1.29, 1.82) is 0 Å². The summed E-state index contributed by atoms with van der Waals surface area (Å²) in [6, 6.07) is 0.0824. The van der Waals surface area contributed by atoms with Crippen molar-refractivity contribution < 1.29 is 9.47 Å². The molecule has 1 unspecified atom stereocenters. The monoisotopic (exact) mass is 288 g/mol. The first-order valence-corrected chi connectivity index (χ1v) is 8.31. The lowest BCUT2D eigenvalue weighted by Gasteiger charge is -2.23. The molecule has 0 aliphatic carbocycles. The quantitative estimate of drug-likeness (QED) is 0.208. The van der Waals surface area contributed by atoms with Crippen molar-refractivity contribution in [1.82, 2.24) is 5.43 Å². The van der Waals surface area contributed by atoms with Gasteiger partial charge in [0.2, 0.25) is 0 Å². The van der Waals surface area contributed by atoms with E-state index in [0.29, 0.717) is 0 Å². The van der Waals surface area contributed by atoms with Gasteiger partial charge >= 0.3 is 0 Å². The summed E-state index contributed by atoms with van der Waals surface area (Å²) in [7, 11) is 3.30. The van der Waals surface area contributed by atoms with Crippen LogP contribution >= 0.6 is 0 Å². The number of ether oxygens (including phenoxy) is 2. The van der Waals surface area contributed by atoms with Crippen molar-refractivity contribution in [2.45, 2.75) is 89.9 Å². The molecule has 0 amide bonds. The molecule has 0 rings (SSSR count). The SMILES string of the molecule is CCCCCCCCCCCCC(NN)C(OC)OC. The Labute approximate surface area is 125 Å². The van der Waals surface area contributed by atoms with Crippen molar-refractivity contribution >= 4 is 0 Å². The van der Waals surface area contributed by atoms with Crippen LogP contribution in [0.5, 0.6) is 0 Å². The summed E-state index contributed by atoms with van der Waals surface area (Å²) in [5.41, 5.74) is 2.78. The van der Waals surface area contributed by atoms with E-state index < -0.39 is 0 Å². The highest BCUT2D eigenvalue weighted by Crippen LogP contribution is 2.13. The second kappa shape index (κ2) is 15.2. The molecule has 0 aliphatic heterocycles. The fourth-order valence-corrected chi connectivity index (χ4v) is 2.57. The van der Waals surface area contributed by atoms with E-state index in [1.807, 2.05) is 0 Å². The third kappa shape index (κ3) is 10.6. The van der Waals surface area contributed by atoms with Crippen LogP contribution in [0.3, 0.4) is 0 Å². The minimum atomic E-state index is -0.251. The number of hydrogen-bond donors (Lipinski definition) is 2. The number of hydrazine groups is 1. The Hall–Kier alpha value is -0.160. The van der Waals surface area contributed by atoms with Crippen LogP contribution in [0.2, 0.25) is 0 Å². The lowest BCUT2D eigenvalue weighted by atomic mass is 10.0. The van der Waals surface area contributed by atoms with Crippen LogP contribution < -0.4 is 11.3 Å². The van der Waals surface area contributed by atoms with Gasteiger partial charge in [0.1, 0.15) is 0 Å². The molecule has 0 fully saturated rings. The molecule has 1 atom stereocenters. The zero-order chi connectivity index (χ0) is 15.1. The molecule has 122 valence electrons. The Balaban J connectivity index is 3.37. The molecule has 0 heterocycles. The summed E-state index contributed by atoms with van der Waals surface area (Å²) in [4.78, 5) is 0. The van der Waals surface area contributed by atoms with E-state index in [9.17, 15) is 0 Å². The summed E-state index contributed by atoms with van der Waals surface area (Å²) < 4.78 is 10.5. The van der Waals surface area contributed by atoms with Gasteiger partial charge in [-0.15, -0.1) is 0 Å². The predicted octanol–water partition coefficient (Wildman–Crippen LogP) is 3.75.